The van der Waals surface area contributed by atoms with E-state index in [0.717, 1.165) is 6.08 Å². The van der Waals surface area contributed by atoms with Crippen LogP contribution >= 0.6 is 11.6 Å². The maximum absolute atomic E-state index is 14.5. The van der Waals surface area contributed by atoms with Crippen LogP contribution < -0.4 is 10.6 Å². The topological polar surface area (TPSA) is 124 Å². The van der Waals surface area contributed by atoms with Gasteiger partial charge in [0.15, 0.2) is 0 Å². The third-order valence-corrected chi connectivity index (χ3v) is 8.65. The molecule has 0 fully saturated rings. The molecular weight excluding hydrogens is 605 g/mol. The van der Waals surface area contributed by atoms with Gasteiger partial charge in [-0.15, -0.1) is 0 Å². The Balaban J connectivity index is 1.27. The molecule has 0 unspecified atom stereocenters. The van der Waals surface area contributed by atoms with E-state index in [1.54, 1.807) is 71.7 Å². The summed E-state index contributed by atoms with van der Waals surface area (Å²) in [6.45, 7) is 3.62. The van der Waals surface area contributed by atoms with Crippen LogP contribution in [0.25, 0.3) is 22.2 Å². The van der Waals surface area contributed by atoms with Crippen LogP contribution in [0.3, 0.4) is 0 Å². The van der Waals surface area contributed by atoms with Gasteiger partial charge in [0.25, 0.3) is 10.0 Å². The average molecular weight is 628 g/mol. The predicted octanol–water partition coefficient (Wildman–Crippen LogP) is 6.24. The highest BCUT2D eigenvalue weighted by Crippen LogP contribution is 2.36. The number of fused-ring (bicyclic) bond motifs is 1. The Hall–Kier alpha value is -5.33. The van der Waals surface area contributed by atoms with Gasteiger partial charge < -0.3 is 10.6 Å². The molecule has 10 nitrogen and oxygen atoms in total. The van der Waals surface area contributed by atoms with Crippen molar-refractivity contribution in [3.8, 4) is 11.3 Å². The summed E-state index contributed by atoms with van der Waals surface area (Å²) in [5, 5.41) is 10.7. The van der Waals surface area contributed by atoms with Crippen molar-refractivity contribution in [2.45, 2.75) is 11.4 Å². The molecule has 0 saturated carbocycles. The molecule has 0 saturated heterocycles. The number of hydrogen-bond acceptors (Lipinski definition) is 7. The lowest BCUT2D eigenvalue weighted by Gasteiger charge is -2.08. The molecule has 0 atom stereocenters. The van der Waals surface area contributed by atoms with Crippen LogP contribution in [0.4, 0.5) is 21.7 Å². The van der Waals surface area contributed by atoms with Crippen LogP contribution in [0.5, 0.6) is 0 Å². The molecule has 1 amide bonds. The fourth-order valence-corrected chi connectivity index (χ4v) is 6.22. The SMILES string of the molecule is C=CC(=O)Nc1ccc(Cn2cc(Nc3ncc(Cl)c(-c4cn(S(=O)(=O)c5ccccc5)c5ccccc45)n3)cn2)cc1F. The molecule has 0 radical (unpaired) electrons. The second-order valence-corrected chi connectivity index (χ2v) is 11.8. The van der Waals surface area contributed by atoms with Crippen LogP contribution in [-0.2, 0) is 21.4 Å². The summed E-state index contributed by atoms with van der Waals surface area (Å²) in [4.78, 5) is 20.5. The average Bonchev–Trinajstić information content (AvgIpc) is 3.64. The number of rotatable bonds is 9. The van der Waals surface area contributed by atoms with Crippen molar-refractivity contribution in [2.24, 2.45) is 0 Å². The van der Waals surface area contributed by atoms with Crippen LogP contribution in [0.1, 0.15) is 5.56 Å². The Kier molecular flexibility index (Phi) is 7.68. The van der Waals surface area contributed by atoms with Gasteiger partial charge in [0, 0.05) is 23.3 Å². The van der Waals surface area contributed by atoms with Crippen molar-refractivity contribution < 1.29 is 17.6 Å². The largest absolute Gasteiger partial charge is 0.321 e. The number of aromatic nitrogens is 5. The minimum atomic E-state index is -3.90. The molecule has 3 heterocycles. The fourth-order valence-electron chi connectivity index (χ4n) is 4.63. The number of carbonyl (C=O) groups excluding carboxylic acids is 1. The van der Waals surface area contributed by atoms with Crippen LogP contribution in [0, 0.1) is 5.82 Å². The minimum absolute atomic E-state index is 0.0537. The summed E-state index contributed by atoms with van der Waals surface area (Å²) < 4.78 is 44.4. The summed E-state index contributed by atoms with van der Waals surface area (Å²) in [5.74, 6) is -0.877. The molecule has 6 rings (SSSR count). The van der Waals surface area contributed by atoms with E-state index in [1.165, 1.54) is 28.5 Å². The first-order chi connectivity index (χ1) is 21.2. The molecule has 44 heavy (non-hydrogen) atoms. The molecule has 0 bridgehead atoms. The van der Waals surface area contributed by atoms with E-state index in [-0.39, 0.29) is 28.1 Å². The Morgan fingerprint density at radius 1 is 1.02 bits per heavy atom. The predicted molar refractivity (Wildman–Crippen MR) is 167 cm³/mol. The Bertz CT molecular complexity index is 2150. The van der Waals surface area contributed by atoms with Crippen molar-refractivity contribution in [2.75, 3.05) is 10.6 Å². The van der Waals surface area contributed by atoms with Gasteiger partial charge >= 0.3 is 0 Å². The zero-order chi connectivity index (χ0) is 30.8. The monoisotopic (exact) mass is 627 g/mol. The number of nitrogens with one attached hydrogen (secondary N) is 2. The van der Waals surface area contributed by atoms with Crippen molar-refractivity contribution >= 4 is 55.8 Å². The van der Waals surface area contributed by atoms with Gasteiger partial charge in [0.1, 0.15) is 5.82 Å². The zero-order valence-corrected chi connectivity index (χ0v) is 24.4. The smallest absolute Gasteiger partial charge is 0.268 e. The number of halogens is 2. The second-order valence-electron chi connectivity index (χ2n) is 9.62. The molecule has 3 aromatic carbocycles. The number of hydrogen-bond donors (Lipinski definition) is 2. The Morgan fingerprint density at radius 3 is 2.57 bits per heavy atom. The first-order valence-corrected chi connectivity index (χ1v) is 15.0. The van der Waals surface area contributed by atoms with Crippen LogP contribution in [0.15, 0.2) is 115 Å². The van der Waals surface area contributed by atoms with Crippen LogP contribution in [-0.4, -0.2) is 38.0 Å². The normalized spacial score (nSPS) is 11.4. The van der Waals surface area contributed by atoms with E-state index in [2.05, 4.69) is 32.3 Å². The highest BCUT2D eigenvalue weighted by molar-refractivity contribution is 7.90. The summed E-state index contributed by atoms with van der Waals surface area (Å²) in [7, 11) is -3.90. The highest BCUT2D eigenvalue weighted by Gasteiger charge is 2.23. The number of carbonyl (C=O) groups is 1. The van der Waals surface area contributed by atoms with E-state index >= 15 is 0 Å². The van der Waals surface area contributed by atoms with E-state index in [4.69, 9.17) is 11.6 Å². The lowest BCUT2D eigenvalue weighted by atomic mass is 10.1. The first kappa shape index (κ1) is 28.8. The lowest BCUT2D eigenvalue weighted by molar-refractivity contribution is -0.111. The fraction of sp³-hybridized carbons (Fsp3) is 0.0323. The summed E-state index contributed by atoms with van der Waals surface area (Å²) in [5.41, 5.74) is 2.57. The lowest BCUT2D eigenvalue weighted by Crippen LogP contribution is -2.11. The van der Waals surface area contributed by atoms with Crippen molar-refractivity contribution in [1.82, 2.24) is 23.7 Å². The van der Waals surface area contributed by atoms with Gasteiger partial charge in [-0.3, -0.25) is 9.48 Å². The Morgan fingerprint density at radius 2 is 1.80 bits per heavy atom. The van der Waals surface area contributed by atoms with Gasteiger partial charge in [-0.2, -0.15) is 5.10 Å². The van der Waals surface area contributed by atoms with Crippen molar-refractivity contribution in [3.63, 3.8) is 0 Å². The standard InChI is InChI=1S/C31H23ClFN7O3S/c1-2-29(41)37-27-13-12-20(14-26(27)33)17-39-18-21(15-35-39)36-31-34-16-25(32)30(38-31)24-19-40(28-11-7-6-10-23(24)28)44(42,43)22-8-4-3-5-9-22/h2-16,18-19H,1,17H2,(H,37,41)(H,34,36,38). The van der Waals surface area contributed by atoms with Gasteiger partial charge in [-0.25, -0.2) is 26.7 Å². The molecule has 6 aromatic rings. The van der Waals surface area contributed by atoms with Crippen LogP contribution in [0.2, 0.25) is 5.02 Å². The number of para-hydroxylation sites is 1. The Labute approximate surface area is 256 Å². The molecule has 3 aromatic heterocycles. The molecule has 2 N–H and O–H groups in total. The number of benzene rings is 3. The number of anilines is 3. The third-order valence-electron chi connectivity index (χ3n) is 6.69. The first-order valence-electron chi connectivity index (χ1n) is 13.2. The van der Waals surface area contributed by atoms with Gasteiger partial charge in [0.2, 0.25) is 11.9 Å². The van der Waals surface area contributed by atoms with Gasteiger partial charge in [-0.05, 0) is 42.0 Å². The maximum atomic E-state index is 14.5. The molecule has 0 spiro atoms. The van der Waals surface area contributed by atoms with E-state index in [1.807, 2.05) is 6.07 Å². The second kappa shape index (κ2) is 11.7. The van der Waals surface area contributed by atoms with Crippen molar-refractivity contribution in [3.05, 3.63) is 127 Å². The third kappa shape index (κ3) is 5.68. The molecule has 0 aliphatic rings. The number of nitrogens with zero attached hydrogens (tertiary/aromatic N) is 5. The van der Waals surface area contributed by atoms with E-state index in [0.29, 0.717) is 33.4 Å². The van der Waals surface area contributed by atoms with Crippen molar-refractivity contribution in [1.29, 1.82) is 0 Å². The van der Waals surface area contributed by atoms with Gasteiger partial charge in [0.05, 0.1) is 51.4 Å². The molecule has 0 aliphatic carbocycles. The molecular formula is C31H23ClFN7O3S. The minimum Gasteiger partial charge on any atom is -0.321 e. The molecule has 0 aliphatic heterocycles. The van der Waals surface area contributed by atoms with E-state index < -0.39 is 21.7 Å². The van der Waals surface area contributed by atoms with Gasteiger partial charge in [-0.1, -0.05) is 60.6 Å². The summed E-state index contributed by atoms with van der Waals surface area (Å²) >= 11 is 6.54. The quantitative estimate of drug-likeness (QED) is 0.182. The number of amides is 1. The molecule has 13 heteroatoms. The van der Waals surface area contributed by atoms with E-state index in [9.17, 15) is 17.6 Å². The highest BCUT2D eigenvalue weighted by atomic mass is 35.5. The zero-order valence-electron chi connectivity index (χ0n) is 22.9. The summed E-state index contributed by atoms with van der Waals surface area (Å²) in [6.07, 6.45) is 7.26. The maximum Gasteiger partial charge on any atom is 0.268 e. The summed E-state index contributed by atoms with van der Waals surface area (Å²) in [6, 6.07) is 19.7. The molecule has 220 valence electrons.